The summed E-state index contributed by atoms with van der Waals surface area (Å²) in [5.41, 5.74) is 3.52. The maximum atomic E-state index is 9.31. The standard InChI is InChI=1S/C22H21Cl2N3/c23-18-7-8-19(24)17(12-18)14-27-21-10-16(13-25)6-9-20(21)26-22(27)11-15-4-2-1-3-5-15/h6-10,12,15H,1-5,11,14H2. The summed E-state index contributed by atoms with van der Waals surface area (Å²) in [6.07, 6.45) is 7.47. The van der Waals surface area contributed by atoms with Crippen molar-refractivity contribution < 1.29 is 0 Å². The number of halogens is 2. The Kier molecular flexibility index (Phi) is 5.38. The molecule has 1 aliphatic rings. The van der Waals surface area contributed by atoms with Crippen molar-refractivity contribution in [2.45, 2.75) is 45.1 Å². The van der Waals surface area contributed by atoms with Crippen LogP contribution in [-0.2, 0) is 13.0 Å². The zero-order chi connectivity index (χ0) is 18.8. The van der Waals surface area contributed by atoms with Gasteiger partial charge in [0.25, 0.3) is 0 Å². The maximum absolute atomic E-state index is 9.31. The molecule has 2 aromatic carbocycles. The SMILES string of the molecule is N#Cc1ccc2nc(CC3CCCCC3)n(Cc3cc(Cl)ccc3Cl)c2c1. The van der Waals surface area contributed by atoms with Crippen molar-refractivity contribution >= 4 is 34.2 Å². The third-order valence-corrected chi connectivity index (χ3v) is 6.09. The predicted octanol–water partition coefficient (Wildman–Crippen LogP) is 6.39. The van der Waals surface area contributed by atoms with Crippen molar-refractivity contribution in [2.75, 3.05) is 0 Å². The van der Waals surface area contributed by atoms with Gasteiger partial charge < -0.3 is 4.57 Å². The zero-order valence-corrected chi connectivity index (χ0v) is 16.6. The molecular formula is C22H21Cl2N3. The van der Waals surface area contributed by atoms with Crippen LogP contribution in [0.5, 0.6) is 0 Å². The smallest absolute Gasteiger partial charge is 0.110 e. The van der Waals surface area contributed by atoms with Gasteiger partial charge in [0.05, 0.1) is 29.2 Å². The highest BCUT2D eigenvalue weighted by Crippen LogP contribution is 2.30. The monoisotopic (exact) mass is 397 g/mol. The Hall–Kier alpha value is -2.02. The first-order valence-electron chi connectivity index (χ1n) is 9.47. The molecular weight excluding hydrogens is 377 g/mol. The molecule has 3 aromatic rings. The van der Waals surface area contributed by atoms with E-state index in [1.165, 1.54) is 32.1 Å². The average Bonchev–Trinajstić information content (AvgIpc) is 3.01. The second-order valence-corrected chi connectivity index (χ2v) is 8.22. The molecule has 0 atom stereocenters. The Balaban J connectivity index is 1.77. The molecule has 0 radical (unpaired) electrons. The number of benzene rings is 2. The highest BCUT2D eigenvalue weighted by atomic mass is 35.5. The molecule has 1 aliphatic carbocycles. The van der Waals surface area contributed by atoms with Crippen molar-refractivity contribution in [3.63, 3.8) is 0 Å². The summed E-state index contributed by atoms with van der Waals surface area (Å²) in [5, 5.41) is 10.7. The Morgan fingerprint density at radius 3 is 2.67 bits per heavy atom. The van der Waals surface area contributed by atoms with E-state index in [2.05, 4.69) is 10.6 Å². The van der Waals surface area contributed by atoms with Crippen molar-refractivity contribution in [3.8, 4) is 6.07 Å². The molecule has 1 fully saturated rings. The van der Waals surface area contributed by atoms with Crippen LogP contribution in [0, 0.1) is 17.2 Å². The van der Waals surface area contributed by atoms with Gasteiger partial charge >= 0.3 is 0 Å². The third kappa shape index (κ3) is 3.98. The molecule has 1 heterocycles. The van der Waals surface area contributed by atoms with Crippen LogP contribution in [0.2, 0.25) is 10.0 Å². The molecule has 1 aromatic heterocycles. The number of hydrogen-bond donors (Lipinski definition) is 0. The lowest BCUT2D eigenvalue weighted by Gasteiger charge is -2.21. The van der Waals surface area contributed by atoms with Crippen LogP contribution in [-0.4, -0.2) is 9.55 Å². The lowest BCUT2D eigenvalue weighted by atomic mass is 9.87. The molecule has 0 N–H and O–H groups in total. The number of imidazole rings is 1. The normalized spacial score (nSPS) is 15.1. The van der Waals surface area contributed by atoms with E-state index in [4.69, 9.17) is 28.2 Å². The van der Waals surface area contributed by atoms with E-state index < -0.39 is 0 Å². The summed E-state index contributed by atoms with van der Waals surface area (Å²) in [5.74, 6) is 1.75. The molecule has 3 nitrogen and oxygen atoms in total. The summed E-state index contributed by atoms with van der Waals surface area (Å²) in [4.78, 5) is 4.91. The van der Waals surface area contributed by atoms with Crippen molar-refractivity contribution in [1.29, 1.82) is 5.26 Å². The van der Waals surface area contributed by atoms with Gasteiger partial charge in [-0.15, -0.1) is 0 Å². The largest absolute Gasteiger partial charge is 0.323 e. The molecule has 0 spiro atoms. The fraction of sp³-hybridized carbons (Fsp3) is 0.364. The van der Waals surface area contributed by atoms with Crippen LogP contribution in [0.15, 0.2) is 36.4 Å². The van der Waals surface area contributed by atoms with Crippen molar-refractivity contribution in [1.82, 2.24) is 9.55 Å². The first-order chi connectivity index (χ1) is 13.1. The lowest BCUT2D eigenvalue weighted by molar-refractivity contribution is 0.349. The van der Waals surface area contributed by atoms with Crippen LogP contribution < -0.4 is 0 Å². The number of rotatable bonds is 4. The lowest BCUT2D eigenvalue weighted by Crippen LogP contribution is -2.14. The average molecular weight is 398 g/mol. The molecule has 27 heavy (non-hydrogen) atoms. The fourth-order valence-electron chi connectivity index (χ4n) is 4.06. The minimum atomic E-state index is 0.604. The predicted molar refractivity (Wildman–Crippen MR) is 110 cm³/mol. The molecule has 5 heteroatoms. The van der Waals surface area contributed by atoms with Gasteiger partial charge in [-0.3, -0.25) is 0 Å². The van der Waals surface area contributed by atoms with E-state index in [9.17, 15) is 5.26 Å². The summed E-state index contributed by atoms with van der Waals surface area (Å²) in [6, 6.07) is 13.5. The second kappa shape index (κ2) is 7.92. The van der Waals surface area contributed by atoms with Crippen LogP contribution >= 0.6 is 23.2 Å². The summed E-state index contributed by atoms with van der Waals surface area (Å²) < 4.78 is 2.21. The Morgan fingerprint density at radius 2 is 1.89 bits per heavy atom. The Labute approximate surface area is 169 Å². The van der Waals surface area contributed by atoms with E-state index >= 15 is 0 Å². The van der Waals surface area contributed by atoms with E-state index in [-0.39, 0.29) is 0 Å². The third-order valence-electron chi connectivity index (χ3n) is 5.49. The summed E-state index contributed by atoms with van der Waals surface area (Å²) in [6.45, 7) is 0.604. The van der Waals surface area contributed by atoms with Gasteiger partial charge in [-0.2, -0.15) is 5.26 Å². The molecule has 0 aliphatic heterocycles. The van der Waals surface area contributed by atoms with E-state index in [0.29, 0.717) is 28.1 Å². The molecule has 0 unspecified atom stereocenters. The molecule has 0 amide bonds. The maximum Gasteiger partial charge on any atom is 0.110 e. The van der Waals surface area contributed by atoms with Gasteiger partial charge in [-0.25, -0.2) is 4.98 Å². The molecule has 138 valence electrons. The number of nitrogens with zero attached hydrogens (tertiary/aromatic N) is 3. The number of fused-ring (bicyclic) bond motifs is 1. The minimum absolute atomic E-state index is 0.604. The highest BCUT2D eigenvalue weighted by molar-refractivity contribution is 6.33. The fourth-order valence-corrected chi connectivity index (χ4v) is 4.43. The number of hydrogen-bond acceptors (Lipinski definition) is 2. The van der Waals surface area contributed by atoms with Crippen LogP contribution in [0.3, 0.4) is 0 Å². The number of aromatic nitrogens is 2. The topological polar surface area (TPSA) is 41.6 Å². The summed E-state index contributed by atoms with van der Waals surface area (Å²) >= 11 is 12.6. The highest BCUT2D eigenvalue weighted by Gasteiger charge is 2.19. The zero-order valence-electron chi connectivity index (χ0n) is 15.1. The Bertz CT molecular complexity index is 1010. The van der Waals surface area contributed by atoms with Gasteiger partial charge in [-0.05, 0) is 47.9 Å². The van der Waals surface area contributed by atoms with E-state index in [1.54, 1.807) is 6.07 Å². The van der Waals surface area contributed by atoms with Crippen molar-refractivity contribution in [2.24, 2.45) is 5.92 Å². The van der Waals surface area contributed by atoms with Gasteiger partial charge in [-0.1, -0.05) is 55.3 Å². The molecule has 0 saturated heterocycles. The van der Waals surface area contributed by atoms with E-state index in [0.717, 1.165) is 28.8 Å². The minimum Gasteiger partial charge on any atom is -0.323 e. The van der Waals surface area contributed by atoms with Gasteiger partial charge in [0.1, 0.15) is 5.82 Å². The summed E-state index contributed by atoms with van der Waals surface area (Å²) in [7, 11) is 0. The molecule has 4 rings (SSSR count). The van der Waals surface area contributed by atoms with Gasteiger partial charge in [0, 0.05) is 16.5 Å². The molecule has 1 saturated carbocycles. The Morgan fingerprint density at radius 1 is 1.07 bits per heavy atom. The van der Waals surface area contributed by atoms with Crippen molar-refractivity contribution in [3.05, 3.63) is 63.4 Å². The number of nitriles is 1. The van der Waals surface area contributed by atoms with Crippen LogP contribution in [0.25, 0.3) is 11.0 Å². The first-order valence-corrected chi connectivity index (χ1v) is 10.2. The quantitative estimate of drug-likeness (QED) is 0.511. The second-order valence-electron chi connectivity index (χ2n) is 7.37. The van der Waals surface area contributed by atoms with Crippen LogP contribution in [0.4, 0.5) is 0 Å². The van der Waals surface area contributed by atoms with Gasteiger partial charge in [0.15, 0.2) is 0 Å². The van der Waals surface area contributed by atoms with Gasteiger partial charge in [0.2, 0.25) is 0 Å². The molecule has 0 bridgehead atoms. The van der Waals surface area contributed by atoms with E-state index in [1.807, 2.05) is 30.3 Å². The first kappa shape index (κ1) is 18.3. The van der Waals surface area contributed by atoms with Crippen LogP contribution in [0.1, 0.15) is 49.1 Å².